The van der Waals surface area contributed by atoms with Gasteiger partial charge in [0.1, 0.15) is 0 Å². The molecule has 0 aliphatic rings. The van der Waals surface area contributed by atoms with Crippen molar-refractivity contribution in [3.05, 3.63) is 163 Å². The molecule has 0 aliphatic heterocycles. The van der Waals surface area contributed by atoms with Gasteiger partial charge in [-0.2, -0.15) is 0 Å². The first-order valence-electron chi connectivity index (χ1n) is 12.1. The van der Waals surface area contributed by atoms with Crippen LogP contribution in [0.4, 0.5) is 0 Å². The molecule has 0 heterocycles. The zero-order chi connectivity index (χ0) is 26.4. The van der Waals surface area contributed by atoms with Crippen LogP contribution in [0.2, 0.25) is 0 Å². The molecule has 0 radical (unpaired) electrons. The molecule has 0 unspecified atom stereocenters. The minimum atomic E-state index is -4.00. The van der Waals surface area contributed by atoms with Crippen molar-refractivity contribution in [3.8, 4) is 5.75 Å². The SMILES string of the molecule is COc1ccc(I(OS(=O)(=O)c2ccc(C(c3ccccc3)c3ccccc3)cc2)c2ccccc2)cc1. The topological polar surface area (TPSA) is 52.6 Å². The van der Waals surface area contributed by atoms with Gasteiger partial charge in [-0.05, 0) is 0 Å². The van der Waals surface area contributed by atoms with E-state index in [1.165, 1.54) is 0 Å². The second-order valence-corrected chi connectivity index (χ2v) is 15.0. The molecule has 5 aromatic carbocycles. The molecular formula is C32H27IO4S. The van der Waals surface area contributed by atoms with Crippen LogP contribution in [-0.2, 0) is 12.6 Å². The van der Waals surface area contributed by atoms with E-state index in [1.54, 1.807) is 19.2 Å². The van der Waals surface area contributed by atoms with Crippen LogP contribution in [-0.4, -0.2) is 15.5 Å². The average molecular weight is 635 g/mol. The summed E-state index contributed by atoms with van der Waals surface area (Å²) in [4.78, 5) is 0.146. The van der Waals surface area contributed by atoms with E-state index in [1.807, 2.05) is 103 Å². The monoisotopic (exact) mass is 634 g/mol. The second kappa shape index (κ2) is 11.9. The second-order valence-electron chi connectivity index (χ2n) is 8.54. The van der Waals surface area contributed by atoms with Crippen LogP contribution in [0.3, 0.4) is 0 Å². The van der Waals surface area contributed by atoms with Gasteiger partial charge >= 0.3 is 233 Å². The van der Waals surface area contributed by atoms with E-state index in [9.17, 15) is 8.42 Å². The summed E-state index contributed by atoms with van der Waals surface area (Å²) >= 11 is -2.77. The van der Waals surface area contributed by atoms with Crippen LogP contribution < -0.4 is 4.74 Å². The Hall–Kier alpha value is -3.46. The molecule has 0 amide bonds. The third-order valence-electron chi connectivity index (χ3n) is 6.09. The Labute approximate surface area is 232 Å². The van der Waals surface area contributed by atoms with Gasteiger partial charge in [-0.3, -0.25) is 0 Å². The third-order valence-corrected chi connectivity index (χ3v) is 13.4. The third kappa shape index (κ3) is 5.99. The maximum absolute atomic E-state index is 13.5. The molecule has 0 aromatic heterocycles. The molecule has 4 nitrogen and oxygen atoms in total. The van der Waals surface area contributed by atoms with E-state index < -0.39 is 30.4 Å². The molecule has 0 fully saturated rings. The summed E-state index contributed by atoms with van der Waals surface area (Å²) in [6.45, 7) is 0. The fourth-order valence-corrected chi connectivity index (χ4v) is 11.2. The van der Waals surface area contributed by atoms with E-state index in [-0.39, 0.29) is 10.8 Å². The summed E-state index contributed by atoms with van der Waals surface area (Å²) in [5, 5.41) is 0. The zero-order valence-electron chi connectivity index (χ0n) is 20.8. The average Bonchev–Trinajstić information content (AvgIpc) is 2.98. The zero-order valence-corrected chi connectivity index (χ0v) is 23.7. The van der Waals surface area contributed by atoms with E-state index in [0.29, 0.717) is 5.75 Å². The number of halogens is 1. The number of methoxy groups -OCH3 is 1. The van der Waals surface area contributed by atoms with Crippen molar-refractivity contribution in [1.29, 1.82) is 0 Å². The summed E-state index contributed by atoms with van der Waals surface area (Å²) in [6.07, 6.45) is 0. The Morgan fingerprint density at radius 2 is 1.00 bits per heavy atom. The van der Waals surface area contributed by atoms with Gasteiger partial charge in [0.15, 0.2) is 0 Å². The standard InChI is InChI=1S/C32H27IO4S/c1-36-30-21-19-29(20-22-30)33(28-15-9-4-10-16-28)37-38(34,35)31-23-17-27(18-24-31)32(25-11-5-2-6-12-25)26-13-7-3-8-14-26/h2-24,32H,1H3. The number of benzene rings is 5. The summed E-state index contributed by atoms with van der Waals surface area (Å²) in [6, 6.07) is 44.5. The molecule has 0 bridgehead atoms. The molecule has 5 rings (SSSR count). The minimum absolute atomic E-state index is 0.0120. The van der Waals surface area contributed by atoms with Crippen molar-refractivity contribution < 1.29 is 15.7 Å². The number of hydrogen-bond donors (Lipinski definition) is 0. The van der Waals surface area contributed by atoms with E-state index in [2.05, 4.69) is 24.3 Å². The molecule has 0 atom stereocenters. The van der Waals surface area contributed by atoms with E-state index >= 15 is 0 Å². The van der Waals surface area contributed by atoms with Crippen LogP contribution >= 0.6 is 20.2 Å². The molecule has 0 N–H and O–H groups in total. The quantitative estimate of drug-likeness (QED) is 0.123. The van der Waals surface area contributed by atoms with Gasteiger partial charge in [0.25, 0.3) is 0 Å². The molecule has 0 saturated heterocycles. The fourth-order valence-electron chi connectivity index (χ4n) is 4.23. The molecule has 0 spiro atoms. The summed E-state index contributed by atoms with van der Waals surface area (Å²) in [5.41, 5.74) is 3.29. The Morgan fingerprint density at radius 3 is 1.50 bits per heavy atom. The van der Waals surface area contributed by atoms with Crippen molar-refractivity contribution in [2.75, 3.05) is 7.11 Å². The van der Waals surface area contributed by atoms with Crippen molar-refractivity contribution in [2.24, 2.45) is 0 Å². The van der Waals surface area contributed by atoms with Gasteiger partial charge in [-0.25, -0.2) is 0 Å². The predicted octanol–water partition coefficient (Wildman–Crippen LogP) is 7.74. The van der Waals surface area contributed by atoms with Crippen LogP contribution in [0.5, 0.6) is 5.75 Å². The summed E-state index contributed by atoms with van der Waals surface area (Å²) < 4.78 is 40.1. The molecular weight excluding hydrogens is 607 g/mol. The molecule has 5 aromatic rings. The van der Waals surface area contributed by atoms with Crippen molar-refractivity contribution in [3.63, 3.8) is 0 Å². The van der Waals surface area contributed by atoms with Gasteiger partial charge < -0.3 is 0 Å². The predicted molar refractivity (Wildman–Crippen MR) is 159 cm³/mol. The maximum atomic E-state index is 13.5. The van der Waals surface area contributed by atoms with Crippen molar-refractivity contribution in [2.45, 2.75) is 10.8 Å². The number of hydrogen-bond acceptors (Lipinski definition) is 4. The first-order valence-corrected chi connectivity index (χ1v) is 16.5. The van der Waals surface area contributed by atoms with Gasteiger partial charge in [0.05, 0.1) is 0 Å². The van der Waals surface area contributed by atoms with Crippen LogP contribution in [0.25, 0.3) is 0 Å². The van der Waals surface area contributed by atoms with Crippen LogP contribution in [0.1, 0.15) is 22.6 Å². The summed E-state index contributed by atoms with van der Waals surface area (Å²) in [5.74, 6) is 0.699. The molecule has 192 valence electrons. The Balaban J connectivity index is 1.47. The number of ether oxygens (including phenoxy) is 1. The Bertz CT molecular complexity index is 1520. The van der Waals surface area contributed by atoms with Crippen LogP contribution in [0, 0.1) is 7.14 Å². The molecule has 0 aliphatic carbocycles. The summed E-state index contributed by atoms with van der Waals surface area (Å²) in [7, 11) is -2.40. The van der Waals surface area contributed by atoms with Gasteiger partial charge in [-0.15, -0.1) is 0 Å². The van der Waals surface area contributed by atoms with Gasteiger partial charge in [0.2, 0.25) is 0 Å². The molecule has 6 heteroatoms. The fraction of sp³-hybridized carbons (Fsp3) is 0.0625. The Morgan fingerprint density at radius 1 is 0.553 bits per heavy atom. The first kappa shape index (κ1) is 26.2. The van der Waals surface area contributed by atoms with Crippen LogP contribution in [0.15, 0.2) is 144 Å². The Kier molecular flexibility index (Phi) is 8.22. The molecule has 0 saturated carbocycles. The first-order chi connectivity index (χ1) is 18.5. The van der Waals surface area contributed by atoms with Crippen molar-refractivity contribution in [1.82, 2.24) is 0 Å². The normalized spacial score (nSPS) is 11.8. The van der Waals surface area contributed by atoms with Crippen molar-refractivity contribution >= 4 is 30.4 Å². The van der Waals surface area contributed by atoms with Gasteiger partial charge in [-0.1, -0.05) is 0 Å². The van der Waals surface area contributed by atoms with Gasteiger partial charge in [0, 0.05) is 0 Å². The number of rotatable bonds is 9. The molecule has 38 heavy (non-hydrogen) atoms. The van der Waals surface area contributed by atoms with E-state index in [0.717, 1.165) is 23.8 Å². The van der Waals surface area contributed by atoms with E-state index in [4.69, 9.17) is 7.25 Å².